The minimum atomic E-state index is 0.297. The normalized spacial score (nSPS) is 18.9. The van der Waals surface area contributed by atoms with Crippen molar-refractivity contribution in [1.29, 1.82) is 0 Å². The molecule has 1 saturated heterocycles. The summed E-state index contributed by atoms with van der Waals surface area (Å²) < 4.78 is 6.48. The third-order valence-corrected chi connectivity index (χ3v) is 3.08. The fourth-order valence-electron chi connectivity index (χ4n) is 0.950. The van der Waals surface area contributed by atoms with Crippen LogP contribution in [0.3, 0.4) is 0 Å². The van der Waals surface area contributed by atoms with Gasteiger partial charge in [0, 0.05) is 22.0 Å². The molecule has 1 aromatic carbocycles. The van der Waals surface area contributed by atoms with E-state index in [0.29, 0.717) is 6.17 Å². The first-order valence-corrected chi connectivity index (χ1v) is 5.50. The molecule has 0 saturated carbocycles. The molecule has 1 aliphatic rings. The third-order valence-electron chi connectivity index (χ3n) is 1.51. The van der Waals surface area contributed by atoms with Crippen LogP contribution in [0.2, 0.25) is 0 Å². The number of nitrogens with one attached hydrogen (secondary N) is 2. The first kappa shape index (κ1) is 7.49. The molecule has 2 N–H and O–H groups in total. The zero-order valence-corrected chi connectivity index (χ0v) is 7.41. The van der Waals surface area contributed by atoms with Gasteiger partial charge in [-0.3, -0.25) is 0 Å². The van der Waals surface area contributed by atoms with Crippen molar-refractivity contribution in [2.75, 3.05) is 0 Å². The van der Waals surface area contributed by atoms with Crippen molar-refractivity contribution in [3.63, 3.8) is 0 Å². The van der Waals surface area contributed by atoms with E-state index in [4.69, 9.17) is 0 Å². The van der Waals surface area contributed by atoms with Crippen molar-refractivity contribution in [3.8, 4) is 0 Å². The first-order valence-electron chi connectivity index (χ1n) is 3.35. The van der Waals surface area contributed by atoms with Crippen molar-refractivity contribution >= 4 is 22.0 Å². The Bertz CT molecular complexity index is 221. The predicted octanol–water partition coefficient (Wildman–Crippen LogP) is 2.09. The molecule has 11 heavy (non-hydrogen) atoms. The van der Waals surface area contributed by atoms with Gasteiger partial charge in [-0.05, 0) is 5.56 Å². The van der Waals surface area contributed by atoms with Gasteiger partial charge >= 0.3 is 0 Å². The van der Waals surface area contributed by atoms with E-state index in [-0.39, 0.29) is 0 Å². The Labute approximate surface area is 73.8 Å². The van der Waals surface area contributed by atoms with E-state index in [0.717, 1.165) is 0 Å². The number of hydrogen-bond donors (Lipinski definition) is 2. The molecule has 1 aromatic rings. The molecule has 0 aliphatic carbocycles. The van der Waals surface area contributed by atoms with Gasteiger partial charge in [0.15, 0.2) is 0 Å². The van der Waals surface area contributed by atoms with Gasteiger partial charge in [0.2, 0.25) is 0 Å². The summed E-state index contributed by atoms with van der Waals surface area (Å²) in [6, 6.07) is 10.3. The lowest BCUT2D eigenvalue weighted by Crippen LogP contribution is -2.17. The van der Waals surface area contributed by atoms with E-state index < -0.39 is 0 Å². The van der Waals surface area contributed by atoms with Crippen LogP contribution in [-0.2, 0) is 0 Å². The van der Waals surface area contributed by atoms with Gasteiger partial charge in [-0.15, -0.1) is 0 Å². The van der Waals surface area contributed by atoms with Crippen LogP contribution in [0.5, 0.6) is 0 Å². The molecule has 2 rings (SSSR count). The Hall–Kier alpha value is -0.160. The zero-order chi connectivity index (χ0) is 7.52. The zero-order valence-electron chi connectivity index (χ0n) is 5.78. The van der Waals surface area contributed by atoms with Crippen molar-refractivity contribution in [3.05, 3.63) is 35.9 Å². The molecule has 0 aromatic heterocycles. The van der Waals surface area contributed by atoms with E-state index in [1.807, 2.05) is 18.2 Å². The van der Waals surface area contributed by atoms with Crippen LogP contribution in [0.1, 0.15) is 11.7 Å². The highest BCUT2D eigenvalue weighted by molar-refractivity contribution is 8.75. The average Bonchev–Trinajstić information content (AvgIpc) is 2.58. The Morgan fingerprint density at radius 3 is 2.27 bits per heavy atom. The topological polar surface area (TPSA) is 24.1 Å². The highest BCUT2D eigenvalue weighted by Gasteiger charge is 2.15. The van der Waals surface area contributed by atoms with Crippen LogP contribution < -0.4 is 9.44 Å². The summed E-state index contributed by atoms with van der Waals surface area (Å²) in [7, 11) is 3.27. The molecule has 0 spiro atoms. The molecule has 1 fully saturated rings. The quantitative estimate of drug-likeness (QED) is 0.515. The summed E-state index contributed by atoms with van der Waals surface area (Å²) in [6.45, 7) is 0. The smallest absolute Gasteiger partial charge is 0.103 e. The van der Waals surface area contributed by atoms with Crippen molar-refractivity contribution in [2.24, 2.45) is 0 Å². The summed E-state index contributed by atoms with van der Waals surface area (Å²) >= 11 is 0. The summed E-state index contributed by atoms with van der Waals surface area (Å²) in [6.07, 6.45) is 0.297. The van der Waals surface area contributed by atoms with Gasteiger partial charge in [-0.25, -0.2) is 9.44 Å². The van der Waals surface area contributed by atoms with Crippen molar-refractivity contribution < 1.29 is 0 Å². The average molecular weight is 184 g/mol. The molecule has 0 unspecified atom stereocenters. The second kappa shape index (κ2) is 3.49. The fourth-order valence-corrected chi connectivity index (χ4v) is 2.57. The van der Waals surface area contributed by atoms with Gasteiger partial charge in [0.05, 0.1) is 0 Å². The van der Waals surface area contributed by atoms with Crippen LogP contribution in [-0.4, -0.2) is 0 Å². The molecule has 0 radical (unpaired) electrons. The molecule has 1 aliphatic heterocycles. The highest BCUT2D eigenvalue weighted by atomic mass is 33.1. The maximum absolute atomic E-state index is 3.24. The lowest BCUT2D eigenvalue weighted by molar-refractivity contribution is 0.680. The monoisotopic (exact) mass is 184 g/mol. The summed E-state index contributed by atoms with van der Waals surface area (Å²) in [5.41, 5.74) is 1.28. The number of benzene rings is 1. The SMILES string of the molecule is c1ccc(C2NSSN2)cc1. The summed E-state index contributed by atoms with van der Waals surface area (Å²) in [5, 5.41) is 0. The van der Waals surface area contributed by atoms with E-state index in [1.54, 1.807) is 22.0 Å². The van der Waals surface area contributed by atoms with Crippen LogP contribution in [0, 0.1) is 0 Å². The lowest BCUT2D eigenvalue weighted by atomic mass is 10.2. The standard InChI is InChI=1S/C7H8N2S2/c1-2-4-6(5-3-1)7-8-10-11-9-7/h1-5,7-9H. The maximum Gasteiger partial charge on any atom is 0.103 e. The number of rotatable bonds is 1. The Morgan fingerprint density at radius 1 is 1.00 bits per heavy atom. The molecule has 2 nitrogen and oxygen atoms in total. The molecule has 0 atom stereocenters. The van der Waals surface area contributed by atoms with Crippen LogP contribution in [0.25, 0.3) is 0 Å². The number of hydrogen-bond acceptors (Lipinski definition) is 4. The van der Waals surface area contributed by atoms with E-state index in [1.165, 1.54) is 5.56 Å². The summed E-state index contributed by atoms with van der Waals surface area (Å²) in [5.74, 6) is 0. The molecule has 4 heteroatoms. The van der Waals surface area contributed by atoms with Gasteiger partial charge in [0.25, 0.3) is 0 Å². The van der Waals surface area contributed by atoms with Gasteiger partial charge in [0.1, 0.15) is 6.17 Å². The molecule has 0 amide bonds. The minimum absolute atomic E-state index is 0.297. The van der Waals surface area contributed by atoms with Gasteiger partial charge in [-0.1, -0.05) is 30.3 Å². The van der Waals surface area contributed by atoms with E-state index in [2.05, 4.69) is 21.6 Å². The predicted molar refractivity (Wildman–Crippen MR) is 50.6 cm³/mol. The van der Waals surface area contributed by atoms with Crippen molar-refractivity contribution in [1.82, 2.24) is 9.44 Å². The lowest BCUT2D eigenvalue weighted by Gasteiger charge is -2.07. The summed E-state index contributed by atoms with van der Waals surface area (Å²) in [4.78, 5) is 0. The first-order chi connectivity index (χ1) is 5.47. The highest BCUT2D eigenvalue weighted by Crippen LogP contribution is 2.29. The fraction of sp³-hybridized carbons (Fsp3) is 0.143. The van der Waals surface area contributed by atoms with Gasteiger partial charge in [-0.2, -0.15) is 0 Å². The van der Waals surface area contributed by atoms with E-state index in [9.17, 15) is 0 Å². The maximum atomic E-state index is 3.24. The third kappa shape index (κ3) is 1.70. The second-order valence-corrected chi connectivity index (χ2v) is 4.05. The van der Waals surface area contributed by atoms with Crippen LogP contribution in [0.4, 0.5) is 0 Å². The molecule has 58 valence electrons. The second-order valence-electron chi connectivity index (χ2n) is 2.25. The van der Waals surface area contributed by atoms with E-state index >= 15 is 0 Å². The minimum Gasteiger partial charge on any atom is -0.232 e. The van der Waals surface area contributed by atoms with Gasteiger partial charge < -0.3 is 0 Å². The Kier molecular flexibility index (Phi) is 2.38. The molecule has 0 bridgehead atoms. The Balaban J connectivity index is 2.16. The molecule has 1 heterocycles. The molecular formula is C7H8N2S2. The van der Waals surface area contributed by atoms with Crippen LogP contribution >= 0.6 is 22.0 Å². The van der Waals surface area contributed by atoms with Crippen molar-refractivity contribution in [2.45, 2.75) is 6.17 Å². The molecular weight excluding hydrogens is 176 g/mol. The van der Waals surface area contributed by atoms with Crippen LogP contribution in [0.15, 0.2) is 30.3 Å². The Morgan fingerprint density at radius 2 is 1.64 bits per heavy atom. The largest absolute Gasteiger partial charge is 0.232 e.